The summed E-state index contributed by atoms with van der Waals surface area (Å²) >= 11 is 3.13. The third kappa shape index (κ3) is 4.93. The van der Waals surface area contributed by atoms with Crippen LogP contribution in [0.2, 0.25) is 0 Å². The van der Waals surface area contributed by atoms with Gasteiger partial charge in [-0.05, 0) is 62.5 Å². The van der Waals surface area contributed by atoms with Crippen LogP contribution in [-0.2, 0) is 11.3 Å². The number of aromatic amines is 1. The molecule has 0 radical (unpaired) electrons. The predicted octanol–water partition coefficient (Wildman–Crippen LogP) is 4.25. The molecular formula is C17H17N3O4S2. The van der Waals surface area contributed by atoms with E-state index >= 15 is 0 Å². The van der Waals surface area contributed by atoms with Crippen LogP contribution >= 0.6 is 12.2 Å². The first-order valence-corrected chi connectivity index (χ1v) is 9.23. The van der Waals surface area contributed by atoms with Crippen LogP contribution in [-0.4, -0.2) is 14.4 Å². The van der Waals surface area contributed by atoms with E-state index in [1.165, 1.54) is 0 Å². The van der Waals surface area contributed by atoms with Crippen molar-refractivity contribution in [3.8, 4) is 11.5 Å². The van der Waals surface area contributed by atoms with Gasteiger partial charge in [0.2, 0.25) is 0 Å². The van der Waals surface area contributed by atoms with Gasteiger partial charge >= 0.3 is 11.3 Å². The van der Waals surface area contributed by atoms with Gasteiger partial charge in [-0.25, -0.2) is 5.10 Å². The van der Waals surface area contributed by atoms with Crippen LogP contribution in [0.3, 0.4) is 0 Å². The quantitative estimate of drug-likeness (QED) is 0.585. The molecule has 7 nitrogen and oxygen atoms in total. The smallest absolute Gasteiger partial charge is 0.316 e. The van der Waals surface area contributed by atoms with Gasteiger partial charge in [-0.1, -0.05) is 17.7 Å². The maximum absolute atomic E-state index is 12.0. The molecule has 0 fully saturated rings. The molecule has 1 heterocycles. The Morgan fingerprint density at radius 3 is 2.42 bits per heavy atom. The lowest BCUT2D eigenvalue weighted by Gasteiger charge is -2.12. The van der Waals surface area contributed by atoms with Gasteiger partial charge in [-0.2, -0.15) is 4.21 Å². The second-order valence-electron chi connectivity index (χ2n) is 5.47. The Morgan fingerprint density at radius 1 is 1.15 bits per heavy atom. The SMILES string of the molecule is Cc1ccc(OS(=O)Nc2ccc(OC(C)c3n[nH]c(=S)o3)cc2)cc1. The Bertz CT molecular complexity index is 936. The summed E-state index contributed by atoms with van der Waals surface area (Å²) in [5, 5.41) is 6.47. The number of hydrogen-bond acceptors (Lipinski definition) is 6. The number of ether oxygens (including phenoxy) is 1. The van der Waals surface area contributed by atoms with Crippen LogP contribution in [0.5, 0.6) is 11.5 Å². The van der Waals surface area contributed by atoms with Gasteiger partial charge in [0.05, 0.1) is 0 Å². The highest BCUT2D eigenvalue weighted by molar-refractivity contribution is 7.81. The molecule has 0 aliphatic rings. The lowest BCUT2D eigenvalue weighted by molar-refractivity contribution is 0.187. The van der Waals surface area contributed by atoms with E-state index in [4.69, 9.17) is 25.6 Å². The molecule has 1 aromatic heterocycles. The maximum atomic E-state index is 12.0. The van der Waals surface area contributed by atoms with Crippen LogP contribution in [0.1, 0.15) is 24.5 Å². The van der Waals surface area contributed by atoms with Gasteiger partial charge in [-0.15, -0.1) is 5.10 Å². The molecule has 2 unspecified atom stereocenters. The molecule has 0 bridgehead atoms. The summed E-state index contributed by atoms with van der Waals surface area (Å²) in [6.07, 6.45) is -0.402. The molecule has 0 amide bonds. The summed E-state index contributed by atoms with van der Waals surface area (Å²) < 4.78 is 31.1. The molecule has 26 heavy (non-hydrogen) atoms. The van der Waals surface area contributed by atoms with E-state index in [2.05, 4.69) is 14.9 Å². The summed E-state index contributed by atoms with van der Waals surface area (Å²) in [7, 11) is 0. The molecule has 9 heteroatoms. The number of aryl methyl sites for hydroxylation is 1. The minimum atomic E-state index is -1.70. The number of aromatic nitrogens is 2. The Balaban J connectivity index is 1.56. The third-order valence-electron chi connectivity index (χ3n) is 3.36. The fraction of sp³-hybridized carbons (Fsp3) is 0.176. The highest BCUT2D eigenvalue weighted by atomic mass is 32.2. The summed E-state index contributed by atoms with van der Waals surface area (Å²) in [6.45, 7) is 3.77. The lowest BCUT2D eigenvalue weighted by atomic mass is 10.2. The van der Waals surface area contributed by atoms with Crippen molar-refractivity contribution in [1.82, 2.24) is 10.2 Å². The second kappa shape index (κ2) is 8.15. The van der Waals surface area contributed by atoms with Crippen molar-refractivity contribution in [3.63, 3.8) is 0 Å². The molecule has 0 spiro atoms. The third-order valence-corrected chi connectivity index (χ3v) is 4.28. The summed E-state index contributed by atoms with van der Waals surface area (Å²) in [6, 6.07) is 14.3. The van der Waals surface area contributed by atoms with Gasteiger partial charge in [0.25, 0.3) is 10.7 Å². The fourth-order valence-electron chi connectivity index (χ4n) is 2.07. The molecule has 0 saturated heterocycles. The molecule has 136 valence electrons. The number of hydrogen-bond donors (Lipinski definition) is 2. The van der Waals surface area contributed by atoms with E-state index in [1.807, 2.05) is 19.1 Å². The zero-order valence-electron chi connectivity index (χ0n) is 14.1. The van der Waals surface area contributed by atoms with Crippen LogP contribution in [0.4, 0.5) is 5.69 Å². The highest BCUT2D eigenvalue weighted by Crippen LogP contribution is 2.23. The van der Waals surface area contributed by atoms with Gasteiger partial charge in [0.1, 0.15) is 11.5 Å². The van der Waals surface area contributed by atoms with E-state index < -0.39 is 17.4 Å². The Hall–Kier alpha value is -2.65. The zero-order valence-corrected chi connectivity index (χ0v) is 15.7. The number of anilines is 1. The topological polar surface area (TPSA) is 89.4 Å². The van der Waals surface area contributed by atoms with Crippen LogP contribution in [0, 0.1) is 11.8 Å². The Kier molecular flexibility index (Phi) is 5.69. The minimum absolute atomic E-state index is 0.200. The summed E-state index contributed by atoms with van der Waals surface area (Å²) in [5.74, 6) is 1.50. The molecule has 0 saturated carbocycles. The predicted molar refractivity (Wildman–Crippen MR) is 101 cm³/mol. The number of nitrogens with one attached hydrogen (secondary N) is 2. The van der Waals surface area contributed by atoms with E-state index in [-0.39, 0.29) is 4.84 Å². The van der Waals surface area contributed by atoms with Crippen molar-refractivity contribution in [1.29, 1.82) is 0 Å². The van der Waals surface area contributed by atoms with E-state index in [0.29, 0.717) is 23.1 Å². The van der Waals surface area contributed by atoms with E-state index in [0.717, 1.165) is 5.56 Å². The Labute approximate surface area is 158 Å². The number of nitrogens with zero attached hydrogens (tertiary/aromatic N) is 1. The lowest BCUT2D eigenvalue weighted by Crippen LogP contribution is -2.11. The first-order valence-electron chi connectivity index (χ1n) is 7.75. The van der Waals surface area contributed by atoms with Gasteiger partial charge in [-0.3, -0.25) is 4.72 Å². The summed E-state index contributed by atoms with van der Waals surface area (Å²) in [4.78, 5) is 0.200. The van der Waals surface area contributed by atoms with E-state index in [1.54, 1.807) is 43.3 Å². The highest BCUT2D eigenvalue weighted by Gasteiger charge is 2.13. The van der Waals surface area contributed by atoms with Crippen LogP contribution in [0.15, 0.2) is 52.9 Å². The molecule has 2 atom stereocenters. The molecule has 2 aromatic carbocycles. The number of H-pyrrole nitrogens is 1. The molecule has 3 rings (SSSR count). The molecule has 0 aliphatic carbocycles. The molecule has 2 N–H and O–H groups in total. The molecule has 3 aromatic rings. The van der Waals surface area contributed by atoms with Crippen molar-refractivity contribution < 1.29 is 17.5 Å². The van der Waals surface area contributed by atoms with Crippen molar-refractivity contribution in [2.75, 3.05) is 4.72 Å². The van der Waals surface area contributed by atoms with Crippen LogP contribution in [0.25, 0.3) is 0 Å². The van der Waals surface area contributed by atoms with Crippen molar-refractivity contribution >= 4 is 29.2 Å². The second-order valence-corrected chi connectivity index (χ2v) is 6.68. The Morgan fingerprint density at radius 2 is 1.81 bits per heavy atom. The largest absolute Gasteiger partial charge is 0.481 e. The average molecular weight is 391 g/mol. The van der Waals surface area contributed by atoms with Crippen molar-refractivity contribution in [2.45, 2.75) is 20.0 Å². The number of benzene rings is 2. The van der Waals surface area contributed by atoms with Gasteiger partial charge in [0.15, 0.2) is 6.10 Å². The molecule has 0 aliphatic heterocycles. The minimum Gasteiger partial charge on any atom is -0.481 e. The standard InChI is InChI=1S/C17H17N3O4S2/c1-11-3-7-15(8-4-11)24-26(21)20-13-5-9-14(10-6-13)22-12(2)16-18-19-17(25)23-16/h3-10,12,20H,1-2H3,(H,19,25). The monoisotopic (exact) mass is 391 g/mol. The first kappa shape index (κ1) is 18.2. The summed E-state index contributed by atoms with van der Waals surface area (Å²) in [5.41, 5.74) is 1.74. The van der Waals surface area contributed by atoms with E-state index in [9.17, 15) is 4.21 Å². The number of rotatable bonds is 7. The fourth-order valence-corrected chi connectivity index (χ4v) is 2.86. The first-order chi connectivity index (χ1) is 12.5. The van der Waals surface area contributed by atoms with Crippen molar-refractivity contribution in [2.24, 2.45) is 0 Å². The van der Waals surface area contributed by atoms with Gasteiger partial charge < -0.3 is 13.3 Å². The van der Waals surface area contributed by atoms with Crippen LogP contribution < -0.4 is 13.6 Å². The van der Waals surface area contributed by atoms with Gasteiger partial charge in [0, 0.05) is 5.69 Å². The van der Waals surface area contributed by atoms with Crippen molar-refractivity contribution in [3.05, 3.63) is 64.8 Å². The molecular weight excluding hydrogens is 374 g/mol. The zero-order chi connectivity index (χ0) is 18.5. The maximum Gasteiger partial charge on any atom is 0.316 e. The normalized spacial score (nSPS) is 13.0. The average Bonchev–Trinajstić information content (AvgIpc) is 3.05.